The molecular formula is C19H29IN4O. The Kier molecular flexibility index (Phi) is 10.3. The van der Waals surface area contributed by atoms with Gasteiger partial charge in [0.05, 0.1) is 12.3 Å². The van der Waals surface area contributed by atoms with Crippen LogP contribution in [0, 0.1) is 0 Å². The van der Waals surface area contributed by atoms with E-state index in [1.165, 1.54) is 5.56 Å². The fourth-order valence-corrected chi connectivity index (χ4v) is 2.75. The molecule has 0 bridgehead atoms. The second kappa shape index (κ2) is 11.9. The van der Waals surface area contributed by atoms with E-state index in [-0.39, 0.29) is 30.0 Å². The van der Waals surface area contributed by atoms with Crippen LogP contribution in [-0.4, -0.2) is 37.5 Å². The molecule has 0 saturated heterocycles. The van der Waals surface area contributed by atoms with Crippen molar-refractivity contribution in [2.75, 3.05) is 26.7 Å². The Bertz CT molecular complexity index is 597. The SMILES string of the molecule is CCN(CC)C(CNC(=NC)NCc1ccccc1)c1ccco1.I. The van der Waals surface area contributed by atoms with Crippen molar-refractivity contribution in [2.24, 2.45) is 4.99 Å². The Morgan fingerprint density at radius 1 is 1.08 bits per heavy atom. The minimum absolute atomic E-state index is 0. The lowest BCUT2D eigenvalue weighted by Gasteiger charge is -2.28. The van der Waals surface area contributed by atoms with Crippen LogP contribution in [0.4, 0.5) is 0 Å². The number of aliphatic imine (C=N–C) groups is 1. The van der Waals surface area contributed by atoms with E-state index in [4.69, 9.17) is 4.42 Å². The summed E-state index contributed by atoms with van der Waals surface area (Å²) in [5.41, 5.74) is 1.23. The van der Waals surface area contributed by atoms with Gasteiger partial charge in [-0.25, -0.2) is 0 Å². The van der Waals surface area contributed by atoms with Gasteiger partial charge in [-0.3, -0.25) is 9.89 Å². The summed E-state index contributed by atoms with van der Waals surface area (Å²) < 4.78 is 5.63. The Morgan fingerprint density at radius 3 is 2.36 bits per heavy atom. The van der Waals surface area contributed by atoms with Crippen LogP contribution in [0.3, 0.4) is 0 Å². The largest absolute Gasteiger partial charge is 0.468 e. The highest BCUT2D eigenvalue weighted by atomic mass is 127. The molecule has 0 aliphatic rings. The van der Waals surface area contributed by atoms with Crippen molar-refractivity contribution in [3.8, 4) is 0 Å². The van der Waals surface area contributed by atoms with Gasteiger partial charge in [-0.1, -0.05) is 44.2 Å². The first-order valence-electron chi connectivity index (χ1n) is 8.54. The average molecular weight is 456 g/mol. The monoisotopic (exact) mass is 456 g/mol. The molecule has 1 aromatic carbocycles. The molecule has 5 nitrogen and oxygen atoms in total. The molecular weight excluding hydrogens is 427 g/mol. The zero-order valence-corrected chi connectivity index (χ0v) is 17.6. The van der Waals surface area contributed by atoms with Gasteiger partial charge in [0.2, 0.25) is 0 Å². The van der Waals surface area contributed by atoms with E-state index in [1.807, 2.05) is 30.3 Å². The zero-order chi connectivity index (χ0) is 17.2. The Morgan fingerprint density at radius 2 is 1.80 bits per heavy atom. The third-order valence-corrected chi connectivity index (χ3v) is 4.11. The first-order valence-corrected chi connectivity index (χ1v) is 8.54. The summed E-state index contributed by atoms with van der Waals surface area (Å²) in [7, 11) is 1.79. The van der Waals surface area contributed by atoms with E-state index in [1.54, 1.807) is 13.3 Å². The average Bonchev–Trinajstić information content (AvgIpc) is 3.16. The third kappa shape index (κ3) is 6.70. The molecule has 1 unspecified atom stereocenters. The molecule has 1 aromatic heterocycles. The van der Waals surface area contributed by atoms with E-state index in [2.05, 4.69) is 46.5 Å². The topological polar surface area (TPSA) is 52.8 Å². The van der Waals surface area contributed by atoms with Gasteiger partial charge >= 0.3 is 0 Å². The molecule has 25 heavy (non-hydrogen) atoms. The first kappa shape index (κ1) is 21.5. The summed E-state index contributed by atoms with van der Waals surface area (Å²) in [6.07, 6.45) is 1.73. The second-order valence-electron chi connectivity index (χ2n) is 5.54. The summed E-state index contributed by atoms with van der Waals surface area (Å²) in [4.78, 5) is 6.68. The number of guanidine groups is 1. The van der Waals surface area contributed by atoms with Crippen molar-refractivity contribution >= 4 is 29.9 Å². The third-order valence-electron chi connectivity index (χ3n) is 4.11. The number of rotatable bonds is 8. The van der Waals surface area contributed by atoms with Crippen LogP contribution in [0.5, 0.6) is 0 Å². The number of hydrogen-bond acceptors (Lipinski definition) is 3. The molecule has 0 amide bonds. The molecule has 0 saturated carbocycles. The summed E-state index contributed by atoms with van der Waals surface area (Å²) in [6.45, 7) is 7.77. The molecule has 6 heteroatoms. The van der Waals surface area contributed by atoms with E-state index < -0.39 is 0 Å². The predicted molar refractivity (Wildman–Crippen MR) is 114 cm³/mol. The molecule has 2 N–H and O–H groups in total. The number of hydrogen-bond donors (Lipinski definition) is 2. The molecule has 2 rings (SSSR count). The van der Waals surface area contributed by atoms with Crippen molar-refractivity contribution in [3.05, 3.63) is 60.1 Å². The Labute approximate surface area is 167 Å². The lowest BCUT2D eigenvalue weighted by atomic mass is 10.2. The maximum atomic E-state index is 5.63. The molecule has 0 fully saturated rings. The predicted octanol–water partition coefficient (Wildman–Crippen LogP) is 3.65. The van der Waals surface area contributed by atoms with Crippen molar-refractivity contribution in [2.45, 2.75) is 26.4 Å². The van der Waals surface area contributed by atoms with Gasteiger partial charge in [-0.05, 0) is 30.8 Å². The van der Waals surface area contributed by atoms with Gasteiger partial charge in [0.25, 0.3) is 0 Å². The number of nitrogens with zero attached hydrogens (tertiary/aromatic N) is 2. The highest BCUT2D eigenvalue weighted by molar-refractivity contribution is 14.0. The van der Waals surface area contributed by atoms with Crippen LogP contribution in [0.15, 0.2) is 58.1 Å². The van der Waals surface area contributed by atoms with E-state index >= 15 is 0 Å². The fraction of sp³-hybridized carbons (Fsp3) is 0.421. The van der Waals surface area contributed by atoms with Gasteiger partial charge in [0, 0.05) is 20.1 Å². The second-order valence-corrected chi connectivity index (χ2v) is 5.54. The number of furan rings is 1. The van der Waals surface area contributed by atoms with Crippen LogP contribution >= 0.6 is 24.0 Å². The van der Waals surface area contributed by atoms with Crippen LogP contribution in [0.1, 0.15) is 31.2 Å². The molecule has 2 aromatic rings. The highest BCUT2D eigenvalue weighted by Crippen LogP contribution is 2.20. The van der Waals surface area contributed by atoms with E-state index in [9.17, 15) is 0 Å². The van der Waals surface area contributed by atoms with Gasteiger partial charge in [-0.15, -0.1) is 24.0 Å². The number of halogens is 1. The first-order chi connectivity index (χ1) is 11.8. The lowest BCUT2D eigenvalue weighted by molar-refractivity contribution is 0.193. The zero-order valence-electron chi connectivity index (χ0n) is 15.2. The van der Waals surface area contributed by atoms with Crippen LogP contribution < -0.4 is 10.6 Å². The number of benzene rings is 1. The maximum Gasteiger partial charge on any atom is 0.191 e. The van der Waals surface area contributed by atoms with E-state index in [0.717, 1.165) is 37.9 Å². The van der Waals surface area contributed by atoms with Crippen LogP contribution in [0.2, 0.25) is 0 Å². The van der Waals surface area contributed by atoms with Crippen molar-refractivity contribution in [1.82, 2.24) is 15.5 Å². The molecule has 0 aliphatic carbocycles. The summed E-state index contributed by atoms with van der Waals surface area (Å²) in [5.74, 6) is 1.77. The van der Waals surface area contributed by atoms with Gasteiger partial charge in [0.1, 0.15) is 5.76 Å². The van der Waals surface area contributed by atoms with Crippen LogP contribution in [0.25, 0.3) is 0 Å². The van der Waals surface area contributed by atoms with Gasteiger partial charge in [0.15, 0.2) is 5.96 Å². The van der Waals surface area contributed by atoms with Crippen molar-refractivity contribution in [1.29, 1.82) is 0 Å². The molecule has 138 valence electrons. The summed E-state index contributed by atoms with van der Waals surface area (Å²) in [5, 5.41) is 6.77. The van der Waals surface area contributed by atoms with Crippen LogP contribution in [-0.2, 0) is 6.54 Å². The standard InChI is InChI=1S/C19H28N4O.HI/c1-4-23(5-2)17(18-12-9-13-24-18)15-22-19(20-3)21-14-16-10-7-6-8-11-16;/h6-13,17H,4-5,14-15H2,1-3H3,(H2,20,21,22);1H. The number of likely N-dealkylation sites (N-methyl/N-ethyl adjacent to an activating group) is 1. The van der Waals surface area contributed by atoms with Crippen molar-refractivity contribution in [3.63, 3.8) is 0 Å². The minimum atomic E-state index is 0. The number of nitrogens with one attached hydrogen (secondary N) is 2. The quantitative estimate of drug-likeness (QED) is 0.362. The van der Waals surface area contributed by atoms with Gasteiger partial charge < -0.3 is 15.1 Å². The van der Waals surface area contributed by atoms with Crippen molar-refractivity contribution < 1.29 is 4.42 Å². The minimum Gasteiger partial charge on any atom is -0.468 e. The van der Waals surface area contributed by atoms with E-state index in [0.29, 0.717) is 0 Å². The molecule has 1 atom stereocenters. The lowest BCUT2D eigenvalue weighted by Crippen LogP contribution is -2.42. The van der Waals surface area contributed by atoms with Gasteiger partial charge in [-0.2, -0.15) is 0 Å². The molecule has 1 heterocycles. The Balaban J connectivity index is 0.00000312. The smallest absolute Gasteiger partial charge is 0.191 e. The fourth-order valence-electron chi connectivity index (χ4n) is 2.75. The molecule has 0 aliphatic heterocycles. The highest BCUT2D eigenvalue weighted by Gasteiger charge is 2.20. The molecule has 0 spiro atoms. The normalized spacial score (nSPS) is 12.6. The summed E-state index contributed by atoms with van der Waals surface area (Å²) >= 11 is 0. The Hall–Kier alpha value is -1.54. The molecule has 0 radical (unpaired) electrons. The maximum absolute atomic E-state index is 5.63. The summed E-state index contributed by atoms with van der Waals surface area (Å²) in [6, 6.07) is 14.5.